The number of benzene rings is 3. The fraction of sp³-hybridized carbons (Fsp3) is 0.250. The summed E-state index contributed by atoms with van der Waals surface area (Å²) in [5.41, 5.74) is 3.63. The van der Waals surface area contributed by atoms with Crippen LogP contribution in [-0.4, -0.2) is 18.6 Å². The first-order valence-corrected chi connectivity index (χ1v) is 11.1. The van der Waals surface area contributed by atoms with Gasteiger partial charge >= 0.3 is 0 Å². The quantitative estimate of drug-likeness (QED) is 0.409. The van der Waals surface area contributed by atoms with E-state index < -0.39 is 0 Å². The zero-order valence-corrected chi connectivity index (χ0v) is 19.7. The van der Waals surface area contributed by atoms with Crippen molar-refractivity contribution in [1.82, 2.24) is 0 Å². The van der Waals surface area contributed by atoms with Gasteiger partial charge in [0.2, 0.25) is 0 Å². The highest BCUT2D eigenvalue weighted by Gasteiger charge is 2.47. The molecule has 0 aliphatic carbocycles. The fourth-order valence-electron chi connectivity index (χ4n) is 4.95. The number of nitrogens with zero attached hydrogens (tertiary/aromatic N) is 1. The summed E-state index contributed by atoms with van der Waals surface area (Å²) in [5, 5.41) is 0.723. The van der Waals surface area contributed by atoms with Crippen molar-refractivity contribution in [2.75, 3.05) is 12.0 Å². The first-order valence-electron chi connectivity index (χ1n) is 10.8. The Balaban J connectivity index is 1.73. The highest BCUT2D eigenvalue weighted by atomic mass is 35.5. The number of rotatable bonds is 4. The van der Waals surface area contributed by atoms with Crippen molar-refractivity contribution < 1.29 is 9.53 Å². The molecule has 0 saturated heterocycles. The number of methoxy groups -OCH3 is 1. The second-order valence-electron chi connectivity index (χ2n) is 9.13. The predicted molar refractivity (Wildman–Crippen MR) is 133 cm³/mol. The highest BCUT2D eigenvalue weighted by molar-refractivity contribution is 6.30. The van der Waals surface area contributed by atoms with E-state index in [2.05, 4.69) is 39.0 Å². The Morgan fingerprint density at radius 1 is 0.969 bits per heavy atom. The summed E-state index contributed by atoms with van der Waals surface area (Å²) >= 11 is 6.15. The van der Waals surface area contributed by atoms with Crippen LogP contribution < -0.4 is 9.64 Å². The summed E-state index contributed by atoms with van der Waals surface area (Å²) in [6.07, 6.45) is 4.31. The lowest BCUT2D eigenvalue weighted by Gasteiger charge is -2.51. The van der Waals surface area contributed by atoms with E-state index in [9.17, 15) is 4.79 Å². The highest BCUT2D eigenvalue weighted by Crippen LogP contribution is 2.50. The number of ether oxygens (including phenoxy) is 1. The van der Waals surface area contributed by atoms with Crippen LogP contribution in [0.5, 0.6) is 5.75 Å². The minimum atomic E-state index is -0.385. The number of hydrogen-bond donors (Lipinski definition) is 0. The topological polar surface area (TPSA) is 29.5 Å². The van der Waals surface area contributed by atoms with E-state index in [4.69, 9.17) is 16.3 Å². The summed E-state index contributed by atoms with van der Waals surface area (Å²) < 4.78 is 5.21. The van der Waals surface area contributed by atoms with Crippen LogP contribution in [0.4, 0.5) is 5.69 Å². The van der Waals surface area contributed by atoms with Crippen molar-refractivity contribution in [2.45, 2.75) is 38.1 Å². The van der Waals surface area contributed by atoms with E-state index in [0.29, 0.717) is 0 Å². The number of carbonyl (C=O) groups is 1. The van der Waals surface area contributed by atoms with E-state index in [1.807, 2.05) is 65.6 Å². The predicted octanol–water partition coefficient (Wildman–Crippen LogP) is 6.88. The maximum absolute atomic E-state index is 13.5. The van der Waals surface area contributed by atoms with E-state index in [1.54, 1.807) is 13.2 Å². The lowest BCUT2D eigenvalue weighted by Crippen LogP contribution is -2.55. The van der Waals surface area contributed by atoms with Gasteiger partial charge in [-0.25, -0.2) is 0 Å². The van der Waals surface area contributed by atoms with Gasteiger partial charge in [-0.3, -0.25) is 4.79 Å². The second kappa shape index (κ2) is 8.48. The molecule has 1 aliphatic heterocycles. The van der Waals surface area contributed by atoms with E-state index in [1.165, 1.54) is 5.56 Å². The molecule has 0 radical (unpaired) electrons. The molecule has 3 nitrogen and oxygen atoms in total. The minimum absolute atomic E-state index is 0.0311. The third-order valence-corrected chi connectivity index (χ3v) is 6.62. The number of amides is 1. The van der Waals surface area contributed by atoms with Gasteiger partial charge in [0.05, 0.1) is 7.11 Å². The average Bonchev–Trinajstić information content (AvgIpc) is 2.78. The molecule has 0 saturated carbocycles. The molecule has 3 aromatic rings. The molecule has 32 heavy (non-hydrogen) atoms. The number of fused-ring (bicyclic) bond motifs is 1. The van der Waals surface area contributed by atoms with Gasteiger partial charge in [-0.2, -0.15) is 0 Å². The van der Waals surface area contributed by atoms with Crippen LogP contribution in [0.1, 0.15) is 43.9 Å². The van der Waals surface area contributed by atoms with Crippen molar-refractivity contribution in [3.8, 4) is 5.75 Å². The number of anilines is 1. The molecule has 164 valence electrons. The second-order valence-corrected chi connectivity index (χ2v) is 9.56. The van der Waals surface area contributed by atoms with Crippen LogP contribution >= 0.6 is 11.6 Å². The normalized spacial score (nSPS) is 19.6. The smallest absolute Gasteiger partial charge is 0.251 e. The van der Waals surface area contributed by atoms with Gasteiger partial charge in [0.15, 0.2) is 0 Å². The van der Waals surface area contributed by atoms with Gasteiger partial charge in [0.1, 0.15) is 5.75 Å². The van der Waals surface area contributed by atoms with Crippen LogP contribution in [0, 0.1) is 0 Å². The molecule has 3 aromatic carbocycles. The Morgan fingerprint density at radius 2 is 1.62 bits per heavy atom. The molecule has 0 fully saturated rings. The van der Waals surface area contributed by atoms with Crippen molar-refractivity contribution in [2.24, 2.45) is 0 Å². The monoisotopic (exact) mass is 445 g/mol. The molecular weight excluding hydrogens is 418 g/mol. The SMILES string of the molecule is COc1ccc(/C=C/C(=O)N2c3ccccc3[C@](C)(c3ccc(Cl)cc3)CC2(C)C)cc1. The van der Waals surface area contributed by atoms with Gasteiger partial charge in [-0.1, -0.05) is 61.0 Å². The molecule has 1 atom stereocenters. The third-order valence-electron chi connectivity index (χ3n) is 6.37. The molecule has 4 heteroatoms. The average molecular weight is 446 g/mol. The van der Waals surface area contributed by atoms with Crippen LogP contribution in [-0.2, 0) is 10.2 Å². The van der Waals surface area contributed by atoms with Crippen molar-refractivity contribution in [1.29, 1.82) is 0 Å². The molecule has 1 amide bonds. The summed E-state index contributed by atoms with van der Waals surface area (Å²) in [6.45, 7) is 6.53. The maximum atomic E-state index is 13.5. The molecule has 0 bridgehead atoms. The number of halogens is 1. The first-order chi connectivity index (χ1) is 15.2. The lowest BCUT2D eigenvalue weighted by atomic mass is 9.65. The molecule has 0 unspecified atom stereocenters. The number of para-hydroxylation sites is 1. The Kier molecular flexibility index (Phi) is 5.87. The van der Waals surface area contributed by atoms with Crippen LogP contribution in [0.3, 0.4) is 0 Å². The van der Waals surface area contributed by atoms with Crippen molar-refractivity contribution in [3.05, 3.63) is 101 Å². The molecular formula is C28H28ClNO2. The van der Waals surface area contributed by atoms with Gasteiger partial charge < -0.3 is 9.64 Å². The lowest BCUT2D eigenvalue weighted by molar-refractivity contribution is -0.115. The van der Waals surface area contributed by atoms with Gasteiger partial charge in [-0.15, -0.1) is 0 Å². The van der Waals surface area contributed by atoms with E-state index in [0.717, 1.165) is 34.0 Å². The van der Waals surface area contributed by atoms with Crippen molar-refractivity contribution in [3.63, 3.8) is 0 Å². The van der Waals surface area contributed by atoms with Crippen LogP contribution in [0.25, 0.3) is 6.08 Å². The zero-order valence-electron chi connectivity index (χ0n) is 18.9. The molecule has 1 heterocycles. The van der Waals surface area contributed by atoms with Crippen molar-refractivity contribution >= 4 is 29.3 Å². The molecule has 0 N–H and O–H groups in total. The summed E-state index contributed by atoms with van der Waals surface area (Å²) in [6, 6.07) is 23.9. The van der Waals surface area contributed by atoms with Gasteiger partial charge in [-0.05, 0) is 73.4 Å². The van der Waals surface area contributed by atoms with Crippen LogP contribution in [0.15, 0.2) is 78.9 Å². The van der Waals surface area contributed by atoms with Gasteiger partial charge in [0.25, 0.3) is 5.91 Å². The Bertz CT molecular complexity index is 1150. The number of hydrogen-bond acceptors (Lipinski definition) is 2. The van der Waals surface area contributed by atoms with E-state index in [-0.39, 0.29) is 16.9 Å². The molecule has 0 aromatic heterocycles. The number of carbonyl (C=O) groups excluding carboxylic acids is 1. The molecule has 4 rings (SSSR count). The zero-order chi connectivity index (χ0) is 22.9. The Hall–Kier alpha value is -3.04. The minimum Gasteiger partial charge on any atom is -0.497 e. The largest absolute Gasteiger partial charge is 0.497 e. The third kappa shape index (κ3) is 4.05. The maximum Gasteiger partial charge on any atom is 0.251 e. The fourth-order valence-corrected chi connectivity index (χ4v) is 5.08. The van der Waals surface area contributed by atoms with Crippen LogP contribution in [0.2, 0.25) is 5.02 Å². The molecule has 1 aliphatic rings. The summed E-state index contributed by atoms with van der Waals surface area (Å²) in [4.78, 5) is 15.4. The van der Waals surface area contributed by atoms with E-state index >= 15 is 0 Å². The Labute approximate surface area is 195 Å². The Morgan fingerprint density at radius 3 is 2.28 bits per heavy atom. The summed E-state index contributed by atoms with van der Waals surface area (Å²) in [5.74, 6) is 0.762. The molecule has 0 spiro atoms. The summed E-state index contributed by atoms with van der Waals surface area (Å²) in [7, 11) is 1.64. The van der Waals surface area contributed by atoms with Gasteiger partial charge in [0, 0.05) is 27.7 Å². The standard InChI is InChI=1S/C28H28ClNO2/c1-27(2)19-28(3,21-12-14-22(29)15-13-21)24-7-5-6-8-25(24)30(27)26(31)18-11-20-9-16-23(32-4)17-10-20/h5-18H,19H2,1-4H3/b18-11+/t28-/m0/s1. The first kappa shape index (κ1) is 22.2.